The van der Waals surface area contributed by atoms with E-state index in [1.54, 1.807) is 7.11 Å². The number of methoxy groups -OCH3 is 1. The zero-order valence-electron chi connectivity index (χ0n) is 16.4. The SMILES string of the molecule is COCCNC(=O)[C@H](C)Sc1nnc(-c2ccc(C(C)(C)C)cc2)n1C. The van der Waals surface area contributed by atoms with Crippen LogP contribution in [0.1, 0.15) is 33.3 Å². The number of amides is 1. The van der Waals surface area contributed by atoms with Gasteiger partial charge in [-0.05, 0) is 17.9 Å². The van der Waals surface area contributed by atoms with E-state index in [0.29, 0.717) is 18.3 Å². The molecule has 0 aliphatic heterocycles. The fourth-order valence-corrected chi connectivity index (χ4v) is 3.26. The third-order valence-electron chi connectivity index (χ3n) is 4.10. The molecular weight excluding hydrogens is 348 g/mol. The summed E-state index contributed by atoms with van der Waals surface area (Å²) in [5.41, 5.74) is 2.40. The molecule has 0 aliphatic rings. The van der Waals surface area contributed by atoms with Gasteiger partial charge in [0.2, 0.25) is 5.91 Å². The molecule has 0 unspecified atom stereocenters. The van der Waals surface area contributed by atoms with Crippen molar-refractivity contribution in [1.29, 1.82) is 0 Å². The van der Waals surface area contributed by atoms with Crippen LogP contribution in [0.5, 0.6) is 0 Å². The van der Waals surface area contributed by atoms with Crippen LogP contribution in [0.2, 0.25) is 0 Å². The zero-order valence-corrected chi connectivity index (χ0v) is 17.2. The van der Waals surface area contributed by atoms with Gasteiger partial charge in [-0.25, -0.2) is 0 Å². The molecule has 0 spiro atoms. The molecule has 1 amide bonds. The van der Waals surface area contributed by atoms with E-state index in [-0.39, 0.29) is 16.6 Å². The number of carbonyl (C=O) groups excluding carboxylic acids is 1. The summed E-state index contributed by atoms with van der Waals surface area (Å²) in [5.74, 6) is 0.756. The van der Waals surface area contributed by atoms with Gasteiger partial charge in [0.05, 0.1) is 11.9 Å². The molecule has 0 aliphatic carbocycles. The van der Waals surface area contributed by atoms with Crippen LogP contribution >= 0.6 is 11.8 Å². The number of hydrogen-bond donors (Lipinski definition) is 1. The summed E-state index contributed by atoms with van der Waals surface area (Å²) in [6.45, 7) is 9.44. The van der Waals surface area contributed by atoms with Crippen molar-refractivity contribution in [3.63, 3.8) is 0 Å². The summed E-state index contributed by atoms with van der Waals surface area (Å²) in [5, 5.41) is 11.9. The number of aromatic nitrogens is 3. The predicted molar refractivity (Wildman–Crippen MR) is 105 cm³/mol. The standard InChI is InChI=1S/C19H28N4O2S/c1-13(17(24)20-11-12-25-6)26-18-22-21-16(23(18)5)14-7-9-15(10-8-14)19(2,3)4/h7-10,13H,11-12H2,1-6H3,(H,20,24)/t13-/m0/s1. The molecule has 7 heteroatoms. The first kappa shape index (κ1) is 20.5. The highest BCUT2D eigenvalue weighted by atomic mass is 32.2. The van der Waals surface area contributed by atoms with Crippen molar-refractivity contribution >= 4 is 17.7 Å². The minimum Gasteiger partial charge on any atom is -0.383 e. The second-order valence-electron chi connectivity index (χ2n) is 7.24. The summed E-state index contributed by atoms with van der Waals surface area (Å²) in [6, 6.07) is 8.39. The largest absolute Gasteiger partial charge is 0.383 e. The molecule has 2 aromatic rings. The fraction of sp³-hybridized carbons (Fsp3) is 0.526. The van der Waals surface area contributed by atoms with Crippen LogP contribution in [0.15, 0.2) is 29.4 Å². The van der Waals surface area contributed by atoms with Gasteiger partial charge in [0.15, 0.2) is 11.0 Å². The summed E-state index contributed by atoms with van der Waals surface area (Å²) >= 11 is 1.40. The first-order valence-electron chi connectivity index (χ1n) is 8.67. The van der Waals surface area contributed by atoms with E-state index in [4.69, 9.17) is 4.74 Å². The van der Waals surface area contributed by atoms with Crippen molar-refractivity contribution < 1.29 is 9.53 Å². The molecule has 0 fully saturated rings. The van der Waals surface area contributed by atoms with Gasteiger partial charge in [0.25, 0.3) is 0 Å². The Labute approximate surface area is 159 Å². The van der Waals surface area contributed by atoms with Crippen LogP contribution in [0.4, 0.5) is 0 Å². The second-order valence-corrected chi connectivity index (χ2v) is 8.54. The molecule has 1 N–H and O–H groups in total. The maximum Gasteiger partial charge on any atom is 0.233 e. The first-order chi connectivity index (χ1) is 12.2. The van der Waals surface area contributed by atoms with Gasteiger partial charge in [-0.1, -0.05) is 56.8 Å². The lowest BCUT2D eigenvalue weighted by Crippen LogP contribution is -2.33. The monoisotopic (exact) mass is 376 g/mol. The molecule has 0 saturated heterocycles. The lowest BCUT2D eigenvalue weighted by molar-refractivity contribution is -0.120. The normalized spacial score (nSPS) is 12.8. The number of carbonyl (C=O) groups is 1. The van der Waals surface area contributed by atoms with Crippen molar-refractivity contribution in [2.45, 2.75) is 43.5 Å². The Hall–Kier alpha value is -1.86. The molecule has 1 aromatic carbocycles. The number of nitrogens with one attached hydrogen (secondary N) is 1. The molecule has 0 bridgehead atoms. The molecule has 26 heavy (non-hydrogen) atoms. The number of hydrogen-bond acceptors (Lipinski definition) is 5. The van der Waals surface area contributed by atoms with E-state index in [2.05, 4.69) is 60.6 Å². The van der Waals surface area contributed by atoms with Crippen LogP contribution < -0.4 is 5.32 Å². The summed E-state index contributed by atoms with van der Waals surface area (Å²) in [6.07, 6.45) is 0. The van der Waals surface area contributed by atoms with Gasteiger partial charge in [0.1, 0.15) is 0 Å². The van der Waals surface area contributed by atoms with Crippen LogP contribution in [-0.4, -0.2) is 46.2 Å². The van der Waals surface area contributed by atoms with Crippen LogP contribution in [0.3, 0.4) is 0 Å². The van der Waals surface area contributed by atoms with Crippen molar-refractivity contribution in [2.75, 3.05) is 20.3 Å². The molecule has 6 nitrogen and oxygen atoms in total. The summed E-state index contributed by atoms with van der Waals surface area (Å²) in [4.78, 5) is 12.1. The second kappa shape index (κ2) is 8.68. The van der Waals surface area contributed by atoms with Crippen molar-refractivity contribution in [1.82, 2.24) is 20.1 Å². The molecule has 2 rings (SSSR count). The highest BCUT2D eigenvalue weighted by molar-refractivity contribution is 8.00. The lowest BCUT2D eigenvalue weighted by Gasteiger charge is -2.19. The van der Waals surface area contributed by atoms with Gasteiger partial charge in [-0.2, -0.15) is 0 Å². The Morgan fingerprint density at radius 1 is 1.27 bits per heavy atom. The Morgan fingerprint density at radius 3 is 2.50 bits per heavy atom. The Bertz CT molecular complexity index is 735. The first-order valence-corrected chi connectivity index (χ1v) is 9.55. The quantitative estimate of drug-likeness (QED) is 0.594. The van der Waals surface area contributed by atoms with E-state index in [0.717, 1.165) is 11.4 Å². The van der Waals surface area contributed by atoms with E-state index in [1.807, 2.05) is 18.5 Å². The molecule has 1 atom stereocenters. The maximum absolute atomic E-state index is 12.1. The topological polar surface area (TPSA) is 69.0 Å². The average Bonchev–Trinajstić information content (AvgIpc) is 2.95. The molecule has 142 valence electrons. The smallest absolute Gasteiger partial charge is 0.233 e. The zero-order chi connectivity index (χ0) is 19.3. The van der Waals surface area contributed by atoms with Gasteiger partial charge in [-0.3, -0.25) is 4.79 Å². The molecule has 0 radical (unpaired) electrons. The van der Waals surface area contributed by atoms with Gasteiger partial charge in [-0.15, -0.1) is 10.2 Å². The van der Waals surface area contributed by atoms with E-state index in [1.165, 1.54) is 17.3 Å². The Kier molecular flexibility index (Phi) is 6.83. The summed E-state index contributed by atoms with van der Waals surface area (Å²) in [7, 11) is 3.53. The van der Waals surface area contributed by atoms with Gasteiger partial charge >= 0.3 is 0 Å². The number of ether oxygens (including phenoxy) is 1. The van der Waals surface area contributed by atoms with Crippen LogP contribution in [0.25, 0.3) is 11.4 Å². The maximum atomic E-state index is 12.1. The number of rotatable bonds is 7. The summed E-state index contributed by atoms with van der Waals surface area (Å²) < 4.78 is 6.87. The fourth-order valence-electron chi connectivity index (χ4n) is 2.42. The van der Waals surface area contributed by atoms with Crippen LogP contribution in [-0.2, 0) is 22.0 Å². The Balaban J connectivity index is 2.08. The lowest BCUT2D eigenvalue weighted by atomic mass is 9.87. The third-order valence-corrected chi connectivity index (χ3v) is 5.23. The number of nitrogens with zero attached hydrogens (tertiary/aromatic N) is 3. The van der Waals surface area contributed by atoms with E-state index in [9.17, 15) is 4.79 Å². The number of thioether (sulfide) groups is 1. The van der Waals surface area contributed by atoms with Crippen molar-refractivity contribution in [3.8, 4) is 11.4 Å². The van der Waals surface area contributed by atoms with Gasteiger partial charge in [0, 0.05) is 26.3 Å². The van der Waals surface area contributed by atoms with Crippen LogP contribution in [0, 0.1) is 0 Å². The highest BCUT2D eigenvalue weighted by Crippen LogP contribution is 2.28. The highest BCUT2D eigenvalue weighted by Gasteiger charge is 2.19. The molecule has 1 aromatic heterocycles. The minimum absolute atomic E-state index is 0.0360. The van der Waals surface area contributed by atoms with E-state index < -0.39 is 0 Å². The van der Waals surface area contributed by atoms with Gasteiger partial charge < -0.3 is 14.6 Å². The Morgan fingerprint density at radius 2 is 1.92 bits per heavy atom. The average molecular weight is 377 g/mol. The molecule has 1 heterocycles. The third kappa shape index (κ3) is 5.08. The molecule has 0 saturated carbocycles. The van der Waals surface area contributed by atoms with E-state index >= 15 is 0 Å². The van der Waals surface area contributed by atoms with Crippen molar-refractivity contribution in [2.24, 2.45) is 7.05 Å². The molecular formula is C19H28N4O2S. The van der Waals surface area contributed by atoms with Crippen molar-refractivity contribution in [3.05, 3.63) is 29.8 Å². The minimum atomic E-state index is -0.258. The predicted octanol–water partition coefficient (Wildman–Crippen LogP) is 3.02. The number of benzene rings is 1.